The minimum atomic E-state index is -3.97. The highest BCUT2D eigenvalue weighted by atomic mass is 32.2. The lowest BCUT2D eigenvalue weighted by atomic mass is 10.1. The number of carbonyl (C=O) groups is 2. The molecule has 0 atom stereocenters. The van der Waals surface area contributed by atoms with Gasteiger partial charge in [-0.1, -0.05) is 30.3 Å². The van der Waals surface area contributed by atoms with E-state index in [1.165, 1.54) is 6.20 Å². The van der Waals surface area contributed by atoms with Crippen LogP contribution in [0.4, 0.5) is 5.69 Å². The van der Waals surface area contributed by atoms with Crippen molar-refractivity contribution >= 4 is 38.2 Å². The van der Waals surface area contributed by atoms with Crippen LogP contribution in [0, 0.1) is 0 Å². The number of ether oxygens (including phenoxy) is 1. The summed E-state index contributed by atoms with van der Waals surface area (Å²) in [5.74, 6) is -0.937. The van der Waals surface area contributed by atoms with Gasteiger partial charge in [0, 0.05) is 30.2 Å². The van der Waals surface area contributed by atoms with Crippen molar-refractivity contribution in [2.24, 2.45) is 0 Å². The van der Waals surface area contributed by atoms with E-state index in [1.807, 2.05) is 11.8 Å². The molecular formula is C25H29N3O5S. The Morgan fingerprint density at radius 1 is 1.00 bits per heavy atom. The molecule has 1 aromatic heterocycles. The largest absolute Gasteiger partial charge is 0.492 e. The van der Waals surface area contributed by atoms with Gasteiger partial charge in [0.1, 0.15) is 18.0 Å². The number of nitrogens with zero attached hydrogens (tertiary/aromatic N) is 2. The molecule has 1 aliphatic heterocycles. The fraction of sp³-hybridized carbons (Fsp3) is 0.360. The van der Waals surface area contributed by atoms with Crippen LogP contribution in [0.5, 0.6) is 5.75 Å². The molecule has 180 valence electrons. The van der Waals surface area contributed by atoms with Crippen molar-refractivity contribution in [1.29, 1.82) is 0 Å². The van der Waals surface area contributed by atoms with E-state index in [9.17, 15) is 18.0 Å². The van der Waals surface area contributed by atoms with Crippen LogP contribution in [0.3, 0.4) is 0 Å². The number of benzene rings is 2. The first kappa shape index (κ1) is 23.8. The molecule has 1 saturated heterocycles. The van der Waals surface area contributed by atoms with E-state index in [4.69, 9.17) is 4.74 Å². The van der Waals surface area contributed by atoms with Crippen molar-refractivity contribution in [2.75, 3.05) is 30.8 Å². The first-order valence-electron chi connectivity index (χ1n) is 11.5. The Kier molecular flexibility index (Phi) is 7.21. The Balaban J connectivity index is 1.56. The molecule has 1 N–H and O–H groups in total. The maximum Gasteiger partial charge on any atom is 0.242 e. The molecular weight excluding hydrogens is 454 g/mol. The number of para-hydroxylation sites is 3. The summed E-state index contributed by atoms with van der Waals surface area (Å²) in [5, 5.41) is 3.14. The van der Waals surface area contributed by atoms with Gasteiger partial charge in [0.05, 0.1) is 17.2 Å². The number of sulfone groups is 1. The summed E-state index contributed by atoms with van der Waals surface area (Å²) in [6.45, 7) is 3.76. The smallest absolute Gasteiger partial charge is 0.242 e. The van der Waals surface area contributed by atoms with Crippen LogP contribution in [0.15, 0.2) is 59.6 Å². The summed E-state index contributed by atoms with van der Waals surface area (Å²) in [6.07, 6.45) is 4.57. The Bertz CT molecular complexity index is 1290. The van der Waals surface area contributed by atoms with Crippen LogP contribution in [0.25, 0.3) is 10.9 Å². The predicted molar refractivity (Wildman–Crippen MR) is 131 cm³/mol. The van der Waals surface area contributed by atoms with Crippen LogP contribution in [-0.2, 0) is 26.0 Å². The van der Waals surface area contributed by atoms with Crippen molar-refractivity contribution in [2.45, 2.75) is 37.6 Å². The van der Waals surface area contributed by atoms with Crippen molar-refractivity contribution < 1.29 is 22.7 Å². The van der Waals surface area contributed by atoms with Crippen molar-refractivity contribution in [3.8, 4) is 5.75 Å². The number of fused-ring (bicyclic) bond motifs is 1. The summed E-state index contributed by atoms with van der Waals surface area (Å²) < 4.78 is 33.7. The minimum Gasteiger partial charge on any atom is -0.492 e. The lowest BCUT2D eigenvalue weighted by Crippen LogP contribution is -2.37. The third kappa shape index (κ3) is 5.25. The second-order valence-corrected chi connectivity index (χ2v) is 10.3. The quantitative estimate of drug-likeness (QED) is 0.529. The summed E-state index contributed by atoms with van der Waals surface area (Å²) in [5.41, 5.74) is 1.06. The molecule has 0 bridgehead atoms. The predicted octanol–water partition coefficient (Wildman–Crippen LogP) is 3.46. The van der Waals surface area contributed by atoms with Gasteiger partial charge >= 0.3 is 0 Å². The van der Waals surface area contributed by atoms with Crippen LogP contribution in [-0.4, -0.2) is 55.1 Å². The number of carbonyl (C=O) groups excluding carboxylic acids is 2. The zero-order valence-electron chi connectivity index (χ0n) is 19.2. The second-order valence-electron chi connectivity index (χ2n) is 8.32. The number of hydrogen-bond acceptors (Lipinski definition) is 5. The number of piperidine rings is 1. The summed E-state index contributed by atoms with van der Waals surface area (Å²) in [7, 11) is -3.97. The molecule has 0 aliphatic carbocycles. The average molecular weight is 484 g/mol. The summed E-state index contributed by atoms with van der Waals surface area (Å²) in [4.78, 5) is 27.4. The third-order valence-corrected chi connectivity index (χ3v) is 7.52. The molecule has 34 heavy (non-hydrogen) atoms. The van der Waals surface area contributed by atoms with Gasteiger partial charge in [0.25, 0.3) is 0 Å². The number of hydrogen-bond donors (Lipinski definition) is 1. The third-order valence-electron chi connectivity index (χ3n) is 5.88. The maximum absolute atomic E-state index is 13.3. The molecule has 2 amide bonds. The summed E-state index contributed by atoms with van der Waals surface area (Å²) in [6, 6.07) is 13.9. The van der Waals surface area contributed by atoms with Crippen LogP contribution < -0.4 is 10.1 Å². The molecule has 0 unspecified atom stereocenters. The number of nitrogens with one attached hydrogen (secondary N) is 1. The molecule has 1 aliphatic rings. The number of likely N-dealkylation sites (tertiary alicyclic amines) is 1. The van der Waals surface area contributed by atoms with Crippen molar-refractivity contribution in [3.63, 3.8) is 0 Å². The summed E-state index contributed by atoms with van der Waals surface area (Å²) >= 11 is 0. The standard InChI is InChI=1S/C25H29N3O5S/c1-2-33-22-13-7-5-11-20(22)26-24(29)18-34(31,32)23-16-28(21-12-6-4-10-19(21)23)17-25(30)27-14-8-3-9-15-27/h4-7,10-13,16H,2-3,8-9,14-15,17-18H2,1H3,(H,26,29). The molecule has 9 heteroatoms. The number of aromatic nitrogens is 1. The topological polar surface area (TPSA) is 97.7 Å². The van der Waals surface area contributed by atoms with Gasteiger partial charge in [0.15, 0.2) is 9.84 Å². The van der Waals surface area contributed by atoms with E-state index in [0.717, 1.165) is 32.4 Å². The lowest BCUT2D eigenvalue weighted by Gasteiger charge is -2.27. The van der Waals surface area contributed by atoms with Crippen molar-refractivity contribution in [3.05, 3.63) is 54.7 Å². The highest BCUT2D eigenvalue weighted by Gasteiger charge is 2.26. The lowest BCUT2D eigenvalue weighted by molar-refractivity contribution is -0.132. The van der Waals surface area contributed by atoms with Crippen LogP contribution >= 0.6 is 0 Å². The van der Waals surface area contributed by atoms with Crippen molar-refractivity contribution in [1.82, 2.24) is 9.47 Å². The first-order valence-corrected chi connectivity index (χ1v) is 13.1. The second kappa shape index (κ2) is 10.3. The number of amides is 2. The van der Waals surface area contributed by atoms with E-state index in [2.05, 4.69) is 5.32 Å². The van der Waals surface area contributed by atoms with Gasteiger partial charge in [-0.25, -0.2) is 8.42 Å². The fourth-order valence-corrected chi connectivity index (χ4v) is 5.64. The molecule has 1 fully saturated rings. The Hall–Kier alpha value is -3.33. The van der Waals surface area contributed by atoms with Gasteiger partial charge in [-0.3, -0.25) is 9.59 Å². The molecule has 2 aromatic carbocycles. The number of rotatable bonds is 8. The molecule has 0 spiro atoms. The van der Waals surface area contributed by atoms with Gasteiger partial charge in [-0.15, -0.1) is 0 Å². The van der Waals surface area contributed by atoms with E-state index < -0.39 is 21.5 Å². The Morgan fingerprint density at radius 2 is 1.71 bits per heavy atom. The van der Waals surface area contributed by atoms with E-state index in [0.29, 0.717) is 28.9 Å². The minimum absolute atomic E-state index is 0.0327. The molecule has 3 aromatic rings. The van der Waals surface area contributed by atoms with Gasteiger partial charge < -0.3 is 19.5 Å². The Labute approximate surface area is 199 Å². The monoisotopic (exact) mass is 483 g/mol. The van der Waals surface area contributed by atoms with Gasteiger partial charge in [0.2, 0.25) is 11.8 Å². The van der Waals surface area contributed by atoms with Crippen LogP contribution in [0.1, 0.15) is 26.2 Å². The molecule has 2 heterocycles. The average Bonchev–Trinajstić information content (AvgIpc) is 3.20. The molecule has 0 radical (unpaired) electrons. The normalized spacial score (nSPS) is 14.2. The highest BCUT2D eigenvalue weighted by Crippen LogP contribution is 2.28. The zero-order valence-corrected chi connectivity index (χ0v) is 20.0. The fourth-order valence-electron chi connectivity index (χ4n) is 4.27. The van der Waals surface area contributed by atoms with Crippen LogP contribution in [0.2, 0.25) is 0 Å². The van der Waals surface area contributed by atoms with E-state index in [1.54, 1.807) is 53.1 Å². The van der Waals surface area contributed by atoms with E-state index >= 15 is 0 Å². The first-order chi connectivity index (χ1) is 16.4. The zero-order chi connectivity index (χ0) is 24.1. The van der Waals surface area contributed by atoms with Gasteiger partial charge in [-0.05, 0) is 44.4 Å². The molecule has 4 rings (SSSR count). The number of anilines is 1. The Morgan fingerprint density at radius 3 is 2.47 bits per heavy atom. The maximum atomic E-state index is 13.3. The molecule has 0 saturated carbocycles. The van der Waals surface area contributed by atoms with E-state index in [-0.39, 0.29) is 17.3 Å². The van der Waals surface area contributed by atoms with Gasteiger partial charge in [-0.2, -0.15) is 0 Å². The molecule has 8 nitrogen and oxygen atoms in total. The highest BCUT2D eigenvalue weighted by molar-refractivity contribution is 7.92. The SMILES string of the molecule is CCOc1ccccc1NC(=O)CS(=O)(=O)c1cn(CC(=O)N2CCCCC2)c2ccccc12.